The molecule has 0 aliphatic heterocycles. The quantitative estimate of drug-likeness (QED) is 0.462. The lowest BCUT2D eigenvalue weighted by molar-refractivity contribution is -0.113. The highest BCUT2D eigenvalue weighted by atomic mass is 79.9. The summed E-state index contributed by atoms with van der Waals surface area (Å²) in [6.45, 7) is 1.29. The monoisotopic (exact) mass is 240 g/mol. The molecule has 0 aliphatic rings. The number of carbonyl (C=O) groups excluding carboxylic acids is 2. The summed E-state index contributed by atoms with van der Waals surface area (Å²) in [7, 11) is 0. The Kier molecular flexibility index (Phi) is 3.37. The van der Waals surface area contributed by atoms with Crippen molar-refractivity contribution >= 4 is 27.5 Å². The van der Waals surface area contributed by atoms with E-state index in [-0.39, 0.29) is 0 Å². The molecule has 0 aliphatic carbocycles. The van der Waals surface area contributed by atoms with E-state index in [1.165, 1.54) is 6.92 Å². The fraction of sp³-hybridized carbons (Fsp3) is 0.200. The van der Waals surface area contributed by atoms with Gasteiger partial charge < -0.3 is 0 Å². The van der Waals surface area contributed by atoms with Crippen molar-refractivity contribution in [1.82, 2.24) is 0 Å². The Balaban J connectivity index is 3.13. The second kappa shape index (κ2) is 4.33. The second-order valence-electron chi connectivity index (χ2n) is 2.68. The van der Waals surface area contributed by atoms with Crippen LogP contribution in [0.3, 0.4) is 0 Å². The van der Waals surface area contributed by atoms with Crippen molar-refractivity contribution in [3.05, 3.63) is 35.4 Å². The molecule has 13 heavy (non-hydrogen) atoms. The van der Waals surface area contributed by atoms with Gasteiger partial charge >= 0.3 is 0 Å². The van der Waals surface area contributed by atoms with Crippen molar-refractivity contribution in [2.45, 2.75) is 12.3 Å². The summed E-state index contributed by atoms with van der Waals surface area (Å²) in [5.41, 5.74) is 1.34. The van der Waals surface area contributed by atoms with Gasteiger partial charge in [-0.15, -0.1) is 0 Å². The molecule has 0 unspecified atom stereocenters. The van der Waals surface area contributed by atoms with Gasteiger partial charge in [-0.25, -0.2) is 0 Å². The Morgan fingerprint density at radius 3 is 2.46 bits per heavy atom. The van der Waals surface area contributed by atoms with Gasteiger partial charge in [-0.1, -0.05) is 40.2 Å². The van der Waals surface area contributed by atoms with Gasteiger partial charge in [-0.2, -0.15) is 0 Å². The first-order chi connectivity index (χ1) is 6.16. The summed E-state index contributed by atoms with van der Waals surface area (Å²) in [5, 5.41) is 0.586. The molecule has 2 nitrogen and oxygen atoms in total. The summed E-state index contributed by atoms with van der Waals surface area (Å²) >= 11 is 3.26. The van der Waals surface area contributed by atoms with Gasteiger partial charge in [0.1, 0.15) is 0 Å². The lowest BCUT2D eigenvalue weighted by Gasteiger charge is -2.02. The lowest BCUT2D eigenvalue weighted by Crippen LogP contribution is -2.11. The Bertz CT molecular complexity index is 345. The third-order valence-corrected chi connectivity index (χ3v) is 2.33. The summed E-state index contributed by atoms with van der Waals surface area (Å²) < 4.78 is 0. The van der Waals surface area contributed by atoms with Crippen LogP contribution in [0.25, 0.3) is 0 Å². The Labute approximate surface area is 85.1 Å². The molecule has 0 spiro atoms. The Morgan fingerprint density at radius 1 is 1.31 bits per heavy atom. The van der Waals surface area contributed by atoms with E-state index in [9.17, 15) is 9.59 Å². The molecule has 0 bridgehead atoms. The van der Waals surface area contributed by atoms with Gasteiger partial charge in [0.2, 0.25) is 5.78 Å². The van der Waals surface area contributed by atoms with E-state index in [1.807, 2.05) is 12.1 Å². The number of alkyl halides is 1. The fourth-order valence-corrected chi connectivity index (χ4v) is 1.54. The van der Waals surface area contributed by atoms with Crippen LogP contribution in [-0.2, 0) is 10.1 Å². The summed E-state index contributed by atoms with van der Waals surface area (Å²) in [4.78, 5) is 22.2. The third-order valence-electron chi connectivity index (χ3n) is 1.73. The zero-order valence-electron chi connectivity index (χ0n) is 7.21. The van der Waals surface area contributed by atoms with E-state index in [0.29, 0.717) is 10.9 Å². The van der Waals surface area contributed by atoms with Gasteiger partial charge in [0.25, 0.3) is 0 Å². The van der Waals surface area contributed by atoms with E-state index < -0.39 is 11.6 Å². The number of hydrogen-bond donors (Lipinski definition) is 0. The fourth-order valence-electron chi connectivity index (χ4n) is 1.05. The highest BCUT2D eigenvalue weighted by Gasteiger charge is 2.13. The molecule has 0 saturated heterocycles. The number of carbonyl (C=O) groups is 2. The SMILES string of the molecule is CC(=O)C(=O)c1ccccc1CBr. The van der Waals surface area contributed by atoms with Crippen molar-refractivity contribution in [2.75, 3.05) is 0 Å². The van der Waals surface area contributed by atoms with E-state index >= 15 is 0 Å². The molecule has 0 radical (unpaired) electrons. The second-order valence-corrected chi connectivity index (χ2v) is 3.24. The highest BCUT2D eigenvalue weighted by Crippen LogP contribution is 2.13. The Hall–Kier alpha value is -0.960. The maximum atomic E-state index is 11.4. The molecule has 3 heteroatoms. The maximum absolute atomic E-state index is 11.4. The average Bonchev–Trinajstić information content (AvgIpc) is 2.16. The first-order valence-electron chi connectivity index (χ1n) is 3.86. The zero-order chi connectivity index (χ0) is 9.84. The molecule has 1 rings (SSSR count). The van der Waals surface area contributed by atoms with Gasteiger partial charge in [0.05, 0.1) is 0 Å². The van der Waals surface area contributed by atoms with Crippen molar-refractivity contribution in [3.8, 4) is 0 Å². The van der Waals surface area contributed by atoms with Crippen LogP contribution in [0.5, 0.6) is 0 Å². The van der Waals surface area contributed by atoms with E-state index in [2.05, 4.69) is 15.9 Å². The zero-order valence-corrected chi connectivity index (χ0v) is 8.80. The first-order valence-corrected chi connectivity index (χ1v) is 4.98. The van der Waals surface area contributed by atoms with Crippen molar-refractivity contribution in [3.63, 3.8) is 0 Å². The molecule has 0 saturated carbocycles. The minimum absolute atomic E-state index is 0.421. The van der Waals surface area contributed by atoms with Crippen LogP contribution in [0.1, 0.15) is 22.8 Å². The molecule has 0 heterocycles. The topological polar surface area (TPSA) is 34.1 Å². The van der Waals surface area contributed by atoms with Crippen LogP contribution in [-0.4, -0.2) is 11.6 Å². The summed E-state index contributed by atoms with van der Waals surface area (Å²) in [5.74, 6) is -0.844. The number of rotatable bonds is 3. The van der Waals surface area contributed by atoms with Crippen LogP contribution in [0, 0.1) is 0 Å². The third kappa shape index (κ3) is 2.25. The Morgan fingerprint density at radius 2 is 1.92 bits per heavy atom. The van der Waals surface area contributed by atoms with Crippen molar-refractivity contribution in [1.29, 1.82) is 0 Å². The minimum atomic E-state index is -0.423. The van der Waals surface area contributed by atoms with Crippen molar-refractivity contribution < 1.29 is 9.59 Å². The van der Waals surface area contributed by atoms with Gasteiger partial charge in [0, 0.05) is 17.8 Å². The molecule has 1 aromatic rings. The first kappa shape index (κ1) is 10.1. The van der Waals surface area contributed by atoms with Gasteiger partial charge in [-0.05, 0) is 5.56 Å². The number of ketones is 2. The molecule has 0 atom stereocenters. The molecule has 0 fully saturated rings. The lowest BCUT2D eigenvalue weighted by atomic mass is 10.0. The van der Waals surface area contributed by atoms with Crippen LogP contribution in [0.4, 0.5) is 0 Å². The molecular formula is C10H9BrO2. The highest BCUT2D eigenvalue weighted by molar-refractivity contribution is 9.08. The summed E-state index contributed by atoms with van der Waals surface area (Å²) in [6, 6.07) is 7.08. The van der Waals surface area contributed by atoms with Crippen LogP contribution >= 0.6 is 15.9 Å². The molecule has 0 N–H and O–H groups in total. The molecule has 0 amide bonds. The predicted octanol–water partition coefficient (Wildman–Crippen LogP) is 2.35. The van der Waals surface area contributed by atoms with Gasteiger partial charge in [-0.3, -0.25) is 9.59 Å². The van der Waals surface area contributed by atoms with Crippen LogP contribution in [0.15, 0.2) is 24.3 Å². The largest absolute Gasteiger partial charge is 0.291 e. The molecular weight excluding hydrogens is 232 g/mol. The number of hydrogen-bond acceptors (Lipinski definition) is 2. The number of halogens is 1. The average molecular weight is 241 g/mol. The molecule has 68 valence electrons. The summed E-state index contributed by atoms with van der Waals surface area (Å²) in [6.07, 6.45) is 0. The van der Waals surface area contributed by atoms with E-state index in [4.69, 9.17) is 0 Å². The number of Topliss-reactive ketones (excluding diaryl/α,β-unsaturated/α-hetero) is 2. The molecule has 0 aromatic heterocycles. The minimum Gasteiger partial charge on any atom is -0.291 e. The normalized spacial score (nSPS) is 9.69. The standard InChI is InChI=1S/C10H9BrO2/c1-7(12)10(13)9-5-3-2-4-8(9)6-11/h2-5H,6H2,1H3. The van der Waals surface area contributed by atoms with E-state index in [1.54, 1.807) is 12.1 Å². The van der Waals surface area contributed by atoms with Crippen LogP contribution in [0.2, 0.25) is 0 Å². The number of benzene rings is 1. The van der Waals surface area contributed by atoms with Crippen molar-refractivity contribution in [2.24, 2.45) is 0 Å². The molecule has 1 aromatic carbocycles. The van der Waals surface area contributed by atoms with E-state index in [0.717, 1.165) is 5.56 Å². The van der Waals surface area contributed by atoms with Crippen LogP contribution < -0.4 is 0 Å². The smallest absolute Gasteiger partial charge is 0.228 e. The maximum Gasteiger partial charge on any atom is 0.228 e. The predicted molar refractivity (Wildman–Crippen MR) is 54.1 cm³/mol. The van der Waals surface area contributed by atoms with Gasteiger partial charge in [0.15, 0.2) is 5.78 Å².